The Morgan fingerprint density at radius 2 is 1.29 bits per heavy atom. The van der Waals surface area contributed by atoms with E-state index in [-0.39, 0.29) is 0 Å². The molecule has 0 saturated carbocycles. The van der Waals surface area contributed by atoms with E-state index < -0.39 is 0 Å². The Labute approximate surface area is 125 Å². The highest BCUT2D eigenvalue weighted by molar-refractivity contribution is 6.32. The topological polar surface area (TPSA) is 0 Å². The minimum absolute atomic E-state index is 1.28. The minimum Gasteiger partial charge on any atom is -0.0884 e. The van der Waals surface area contributed by atoms with Gasteiger partial charge in [0.05, 0.1) is 0 Å². The highest BCUT2D eigenvalue weighted by Gasteiger charge is 2.03. The van der Waals surface area contributed by atoms with Crippen molar-refractivity contribution < 1.29 is 0 Å². The highest BCUT2D eigenvalue weighted by Crippen LogP contribution is 2.29. The first-order chi connectivity index (χ1) is 10.3. The summed E-state index contributed by atoms with van der Waals surface area (Å²) in [5.41, 5.74) is 3.86. The molecule has 0 saturated heterocycles. The van der Waals surface area contributed by atoms with Crippen molar-refractivity contribution >= 4 is 34.9 Å². The lowest BCUT2D eigenvalue weighted by Gasteiger charge is -2.08. The molecule has 0 aliphatic carbocycles. The third kappa shape index (κ3) is 2.11. The van der Waals surface area contributed by atoms with Crippen LogP contribution >= 0.6 is 0 Å². The molecule has 0 bridgehead atoms. The van der Waals surface area contributed by atoms with Crippen molar-refractivity contribution in [2.45, 2.75) is 0 Å². The lowest BCUT2D eigenvalue weighted by atomic mass is 9.91. The Hall–Kier alpha value is -2.54. The zero-order valence-electron chi connectivity index (χ0n) is 12.0. The fourth-order valence-corrected chi connectivity index (χ4v) is 3.02. The number of hydrogen-bond donors (Lipinski definition) is 0. The molecule has 21 heavy (non-hydrogen) atoms. The number of fused-ring (bicyclic) bond motifs is 3. The van der Waals surface area contributed by atoms with Crippen LogP contribution in [0.15, 0.2) is 78.9 Å². The monoisotopic (exact) mass is 266 g/mol. The van der Waals surface area contributed by atoms with E-state index >= 15 is 0 Å². The van der Waals surface area contributed by atoms with Crippen molar-refractivity contribution in [2.75, 3.05) is 0 Å². The average Bonchev–Trinajstić information content (AvgIpc) is 2.54. The molecule has 98 valence electrons. The first kappa shape index (κ1) is 12.2. The maximum atomic E-state index is 2.29. The lowest BCUT2D eigenvalue weighted by Crippen LogP contribution is -2.00. The highest BCUT2D eigenvalue weighted by atomic mass is 14.1. The third-order valence-corrected chi connectivity index (χ3v) is 4.10. The SMILES string of the molecule is Bc1cccc(-c2ccc3c(ccc4ccccc43)c2)c1. The molecule has 4 aromatic carbocycles. The van der Waals surface area contributed by atoms with Crippen LogP contribution in [0, 0.1) is 0 Å². The van der Waals surface area contributed by atoms with E-state index in [9.17, 15) is 0 Å². The van der Waals surface area contributed by atoms with E-state index in [4.69, 9.17) is 0 Å². The standard InChI is InChI=1S/C20H15B/c21-18-6-3-5-15(13-18)16-10-11-20-17(12-16)9-8-14-4-1-2-7-19(14)20/h1-13H,21H2. The number of hydrogen-bond acceptors (Lipinski definition) is 0. The van der Waals surface area contributed by atoms with E-state index in [0.29, 0.717) is 0 Å². The second kappa shape index (κ2) is 4.78. The fraction of sp³-hybridized carbons (Fsp3) is 0. The Bertz CT molecular complexity index is 954. The zero-order chi connectivity index (χ0) is 14.2. The van der Waals surface area contributed by atoms with Crippen LogP contribution in [0.25, 0.3) is 32.7 Å². The molecule has 1 heteroatoms. The molecular formula is C20H15B. The van der Waals surface area contributed by atoms with Gasteiger partial charge in [-0.2, -0.15) is 0 Å². The Morgan fingerprint density at radius 3 is 2.19 bits per heavy atom. The molecule has 0 aliphatic heterocycles. The van der Waals surface area contributed by atoms with E-state index in [2.05, 4.69) is 86.7 Å². The van der Waals surface area contributed by atoms with Crippen LogP contribution in [0.3, 0.4) is 0 Å². The molecule has 4 rings (SSSR count). The summed E-state index contributed by atoms with van der Waals surface area (Å²) in [6, 6.07) is 28.4. The first-order valence-electron chi connectivity index (χ1n) is 7.30. The van der Waals surface area contributed by atoms with Gasteiger partial charge in [-0.1, -0.05) is 78.3 Å². The average molecular weight is 266 g/mol. The smallest absolute Gasteiger partial charge is 0.0884 e. The van der Waals surface area contributed by atoms with Gasteiger partial charge in [-0.25, -0.2) is 0 Å². The van der Waals surface area contributed by atoms with Crippen molar-refractivity contribution in [2.24, 2.45) is 0 Å². The van der Waals surface area contributed by atoms with Crippen LogP contribution in [0.5, 0.6) is 0 Å². The summed E-state index contributed by atoms with van der Waals surface area (Å²) in [6.45, 7) is 0. The summed E-state index contributed by atoms with van der Waals surface area (Å²) < 4.78 is 0. The second-order valence-corrected chi connectivity index (χ2v) is 5.59. The summed E-state index contributed by atoms with van der Waals surface area (Å²) in [5.74, 6) is 0. The maximum Gasteiger partial charge on any atom is 0.139 e. The molecule has 0 aromatic heterocycles. The molecule has 0 spiro atoms. The molecule has 0 N–H and O–H groups in total. The van der Waals surface area contributed by atoms with Crippen LogP contribution in [0.4, 0.5) is 0 Å². The molecule has 0 nitrogen and oxygen atoms in total. The van der Waals surface area contributed by atoms with Gasteiger partial charge >= 0.3 is 0 Å². The summed E-state index contributed by atoms with van der Waals surface area (Å²) in [4.78, 5) is 0. The Balaban J connectivity index is 1.97. The molecule has 0 atom stereocenters. The molecule has 0 aliphatic rings. The van der Waals surface area contributed by atoms with Crippen LogP contribution in [0.1, 0.15) is 0 Å². The fourth-order valence-electron chi connectivity index (χ4n) is 3.02. The molecule has 0 amide bonds. The van der Waals surface area contributed by atoms with E-state index in [1.165, 1.54) is 38.1 Å². The van der Waals surface area contributed by atoms with Crippen molar-refractivity contribution in [3.8, 4) is 11.1 Å². The molecular weight excluding hydrogens is 251 g/mol. The molecule has 0 radical (unpaired) electrons. The van der Waals surface area contributed by atoms with Crippen molar-refractivity contribution in [3.05, 3.63) is 78.9 Å². The van der Waals surface area contributed by atoms with Gasteiger partial charge < -0.3 is 0 Å². The predicted octanol–water partition coefficient (Wildman–Crippen LogP) is 3.92. The zero-order valence-corrected chi connectivity index (χ0v) is 12.0. The minimum atomic E-state index is 1.28. The molecule has 4 aromatic rings. The van der Waals surface area contributed by atoms with Gasteiger partial charge in [-0.3, -0.25) is 0 Å². The Morgan fingerprint density at radius 1 is 0.524 bits per heavy atom. The molecule has 0 unspecified atom stereocenters. The van der Waals surface area contributed by atoms with Crippen molar-refractivity contribution in [3.63, 3.8) is 0 Å². The van der Waals surface area contributed by atoms with Gasteiger partial charge in [0.2, 0.25) is 0 Å². The van der Waals surface area contributed by atoms with Crippen LogP contribution < -0.4 is 5.46 Å². The van der Waals surface area contributed by atoms with Gasteiger partial charge in [0.1, 0.15) is 7.85 Å². The van der Waals surface area contributed by atoms with Crippen LogP contribution in [-0.4, -0.2) is 7.85 Å². The Kier molecular flexibility index (Phi) is 2.78. The lowest BCUT2D eigenvalue weighted by molar-refractivity contribution is 1.68. The van der Waals surface area contributed by atoms with Crippen LogP contribution in [0.2, 0.25) is 0 Å². The van der Waals surface area contributed by atoms with Gasteiger partial charge in [0.25, 0.3) is 0 Å². The van der Waals surface area contributed by atoms with E-state index in [0.717, 1.165) is 0 Å². The van der Waals surface area contributed by atoms with Gasteiger partial charge in [-0.15, -0.1) is 0 Å². The van der Waals surface area contributed by atoms with E-state index in [1.807, 2.05) is 0 Å². The summed E-state index contributed by atoms with van der Waals surface area (Å²) in [5, 5.41) is 5.25. The first-order valence-corrected chi connectivity index (χ1v) is 7.30. The summed E-state index contributed by atoms with van der Waals surface area (Å²) >= 11 is 0. The largest absolute Gasteiger partial charge is 0.139 e. The predicted molar refractivity (Wildman–Crippen MR) is 95.1 cm³/mol. The molecule has 0 heterocycles. The summed E-state index contributed by atoms with van der Waals surface area (Å²) in [7, 11) is 2.14. The van der Waals surface area contributed by atoms with Crippen molar-refractivity contribution in [1.82, 2.24) is 0 Å². The third-order valence-electron chi connectivity index (χ3n) is 4.10. The number of benzene rings is 4. The maximum absolute atomic E-state index is 2.29. The quantitative estimate of drug-likeness (QED) is 0.362. The van der Waals surface area contributed by atoms with Crippen molar-refractivity contribution in [1.29, 1.82) is 0 Å². The van der Waals surface area contributed by atoms with E-state index in [1.54, 1.807) is 0 Å². The summed E-state index contributed by atoms with van der Waals surface area (Å²) in [6.07, 6.45) is 0. The second-order valence-electron chi connectivity index (χ2n) is 5.59. The van der Waals surface area contributed by atoms with Gasteiger partial charge in [0, 0.05) is 0 Å². The van der Waals surface area contributed by atoms with Crippen LogP contribution in [-0.2, 0) is 0 Å². The number of rotatable bonds is 1. The van der Waals surface area contributed by atoms with Gasteiger partial charge in [0.15, 0.2) is 0 Å². The normalized spacial score (nSPS) is 11.0. The molecule has 0 fully saturated rings. The van der Waals surface area contributed by atoms with Gasteiger partial charge in [-0.05, 0) is 38.7 Å².